The highest BCUT2D eigenvalue weighted by atomic mass is 16.1. The van der Waals surface area contributed by atoms with Crippen LogP contribution in [0.2, 0.25) is 0 Å². The smallest absolute Gasteiger partial charge is 0.234 e. The molecule has 1 atom stereocenters. The summed E-state index contributed by atoms with van der Waals surface area (Å²) in [4.78, 5) is 20.8. The normalized spacial score (nSPS) is 12.2. The van der Waals surface area contributed by atoms with Crippen molar-refractivity contribution in [2.45, 2.75) is 33.1 Å². The molecule has 1 N–H and O–H groups in total. The van der Waals surface area contributed by atoms with Crippen molar-refractivity contribution in [2.24, 2.45) is 5.92 Å². The molecular weight excluding hydrogens is 300 g/mol. The van der Waals surface area contributed by atoms with Crippen molar-refractivity contribution in [1.29, 1.82) is 0 Å². The standard InChI is InChI=1S/C19H22N4O/c1-3-5-14(2)12-18(24)21-16-8-6-15(7-9-16)17-13-23-11-4-10-20-19(23)22-17/h4,6-11,13-14H,3,5,12H2,1-2H3,(H,21,24). The van der Waals surface area contributed by atoms with Gasteiger partial charge in [0.25, 0.3) is 0 Å². The number of benzene rings is 1. The number of anilines is 1. The van der Waals surface area contributed by atoms with E-state index in [4.69, 9.17) is 0 Å². The highest BCUT2D eigenvalue weighted by Gasteiger charge is 2.09. The summed E-state index contributed by atoms with van der Waals surface area (Å²) in [6.45, 7) is 4.26. The molecule has 1 unspecified atom stereocenters. The van der Waals surface area contributed by atoms with Gasteiger partial charge in [-0.3, -0.25) is 9.20 Å². The molecule has 0 saturated carbocycles. The number of carbonyl (C=O) groups is 1. The molecule has 3 aromatic rings. The number of carbonyl (C=O) groups excluding carboxylic acids is 1. The number of imidazole rings is 1. The summed E-state index contributed by atoms with van der Waals surface area (Å²) >= 11 is 0. The Morgan fingerprint density at radius 1 is 1.29 bits per heavy atom. The Morgan fingerprint density at radius 2 is 2.08 bits per heavy atom. The van der Waals surface area contributed by atoms with Crippen LogP contribution in [0, 0.1) is 5.92 Å². The topological polar surface area (TPSA) is 59.3 Å². The number of fused-ring (bicyclic) bond motifs is 1. The third-order valence-electron chi connectivity index (χ3n) is 4.02. The predicted octanol–water partition coefficient (Wildman–Crippen LogP) is 4.16. The van der Waals surface area contributed by atoms with Crippen molar-refractivity contribution < 1.29 is 4.79 Å². The molecular formula is C19H22N4O. The second kappa shape index (κ2) is 7.25. The fraction of sp³-hybridized carbons (Fsp3) is 0.316. The van der Waals surface area contributed by atoms with Crippen molar-refractivity contribution in [2.75, 3.05) is 5.32 Å². The van der Waals surface area contributed by atoms with Gasteiger partial charge in [-0.2, -0.15) is 0 Å². The first-order chi connectivity index (χ1) is 11.7. The van der Waals surface area contributed by atoms with Gasteiger partial charge in [-0.15, -0.1) is 0 Å². The Morgan fingerprint density at radius 3 is 2.79 bits per heavy atom. The first-order valence-electron chi connectivity index (χ1n) is 8.35. The summed E-state index contributed by atoms with van der Waals surface area (Å²) in [6.07, 6.45) is 8.34. The van der Waals surface area contributed by atoms with Crippen LogP contribution in [0.4, 0.5) is 5.69 Å². The van der Waals surface area contributed by atoms with Gasteiger partial charge in [0.15, 0.2) is 0 Å². The summed E-state index contributed by atoms with van der Waals surface area (Å²) in [5.41, 5.74) is 2.68. The first kappa shape index (κ1) is 16.2. The van der Waals surface area contributed by atoms with E-state index >= 15 is 0 Å². The van der Waals surface area contributed by atoms with Gasteiger partial charge in [0.05, 0.1) is 5.69 Å². The lowest BCUT2D eigenvalue weighted by Gasteiger charge is -2.10. The van der Waals surface area contributed by atoms with Crippen LogP contribution in [0.15, 0.2) is 48.9 Å². The molecule has 0 radical (unpaired) electrons. The maximum atomic E-state index is 12.0. The van der Waals surface area contributed by atoms with Crippen LogP contribution in [0.1, 0.15) is 33.1 Å². The lowest BCUT2D eigenvalue weighted by molar-refractivity contribution is -0.117. The number of hydrogen-bond donors (Lipinski definition) is 1. The number of rotatable bonds is 6. The average Bonchev–Trinajstić information content (AvgIpc) is 2.99. The summed E-state index contributed by atoms with van der Waals surface area (Å²) < 4.78 is 1.89. The van der Waals surface area contributed by atoms with Gasteiger partial charge < -0.3 is 5.32 Å². The number of nitrogens with one attached hydrogen (secondary N) is 1. The molecule has 0 aliphatic carbocycles. The summed E-state index contributed by atoms with van der Waals surface area (Å²) in [5, 5.41) is 2.96. The first-order valence-corrected chi connectivity index (χ1v) is 8.35. The molecule has 0 aliphatic rings. The monoisotopic (exact) mass is 322 g/mol. The second-order valence-electron chi connectivity index (χ2n) is 6.18. The molecule has 3 rings (SSSR count). The molecule has 0 bridgehead atoms. The molecule has 1 amide bonds. The molecule has 1 aromatic carbocycles. The minimum absolute atomic E-state index is 0.0700. The molecule has 0 spiro atoms. The van der Waals surface area contributed by atoms with Gasteiger partial charge in [-0.25, -0.2) is 9.97 Å². The molecule has 0 fully saturated rings. The quantitative estimate of drug-likeness (QED) is 0.741. The zero-order valence-corrected chi connectivity index (χ0v) is 14.1. The van der Waals surface area contributed by atoms with E-state index in [1.807, 2.05) is 47.1 Å². The molecule has 24 heavy (non-hydrogen) atoms. The van der Waals surface area contributed by atoms with E-state index in [0.717, 1.165) is 29.8 Å². The zero-order chi connectivity index (χ0) is 16.9. The van der Waals surface area contributed by atoms with Gasteiger partial charge >= 0.3 is 0 Å². The number of nitrogens with zero attached hydrogens (tertiary/aromatic N) is 3. The van der Waals surface area contributed by atoms with E-state index in [2.05, 4.69) is 29.1 Å². The van der Waals surface area contributed by atoms with E-state index in [9.17, 15) is 4.79 Å². The predicted molar refractivity (Wildman–Crippen MR) is 95.7 cm³/mol. The lowest BCUT2D eigenvalue weighted by Crippen LogP contribution is -2.14. The SMILES string of the molecule is CCCC(C)CC(=O)Nc1ccc(-c2cn3cccnc3n2)cc1. The third-order valence-corrected chi connectivity index (χ3v) is 4.02. The van der Waals surface area contributed by atoms with Crippen molar-refractivity contribution in [3.63, 3.8) is 0 Å². The Labute approximate surface area is 141 Å². The molecule has 2 heterocycles. The van der Waals surface area contributed by atoms with Gasteiger partial charge in [-0.05, 0) is 24.1 Å². The molecule has 5 heteroatoms. The van der Waals surface area contributed by atoms with Crippen LogP contribution >= 0.6 is 0 Å². The molecule has 5 nitrogen and oxygen atoms in total. The van der Waals surface area contributed by atoms with E-state index in [0.29, 0.717) is 18.1 Å². The second-order valence-corrected chi connectivity index (χ2v) is 6.18. The van der Waals surface area contributed by atoms with Crippen molar-refractivity contribution >= 4 is 17.4 Å². The van der Waals surface area contributed by atoms with Gasteiger partial charge in [0.2, 0.25) is 11.7 Å². The molecule has 124 valence electrons. The Kier molecular flexibility index (Phi) is 4.89. The van der Waals surface area contributed by atoms with Crippen LogP contribution in [0.25, 0.3) is 17.0 Å². The number of aromatic nitrogens is 3. The number of hydrogen-bond acceptors (Lipinski definition) is 3. The average molecular weight is 322 g/mol. The van der Waals surface area contributed by atoms with Crippen LogP contribution in [0.3, 0.4) is 0 Å². The summed E-state index contributed by atoms with van der Waals surface area (Å²) in [6, 6.07) is 9.63. The maximum absolute atomic E-state index is 12.0. The fourth-order valence-corrected chi connectivity index (χ4v) is 2.82. The van der Waals surface area contributed by atoms with Gasteiger partial charge in [0, 0.05) is 36.3 Å². The fourth-order valence-electron chi connectivity index (χ4n) is 2.82. The zero-order valence-electron chi connectivity index (χ0n) is 14.1. The van der Waals surface area contributed by atoms with Crippen molar-refractivity contribution in [3.05, 3.63) is 48.9 Å². The van der Waals surface area contributed by atoms with Crippen LogP contribution in [-0.4, -0.2) is 20.3 Å². The van der Waals surface area contributed by atoms with Crippen LogP contribution in [0.5, 0.6) is 0 Å². The number of amides is 1. The largest absolute Gasteiger partial charge is 0.326 e. The minimum Gasteiger partial charge on any atom is -0.326 e. The highest BCUT2D eigenvalue weighted by molar-refractivity contribution is 5.91. The van der Waals surface area contributed by atoms with Crippen molar-refractivity contribution in [1.82, 2.24) is 14.4 Å². The summed E-state index contributed by atoms with van der Waals surface area (Å²) in [5.74, 6) is 1.16. The van der Waals surface area contributed by atoms with E-state index in [-0.39, 0.29) is 5.91 Å². The van der Waals surface area contributed by atoms with E-state index in [1.165, 1.54) is 0 Å². The molecule has 0 saturated heterocycles. The van der Waals surface area contributed by atoms with Crippen molar-refractivity contribution in [3.8, 4) is 11.3 Å². The minimum atomic E-state index is 0.0700. The van der Waals surface area contributed by atoms with Crippen LogP contribution in [-0.2, 0) is 4.79 Å². The van der Waals surface area contributed by atoms with Gasteiger partial charge in [0.1, 0.15) is 0 Å². The molecule has 2 aromatic heterocycles. The maximum Gasteiger partial charge on any atom is 0.234 e. The van der Waals surface area contributed by atoms with Crippen LogP contribution < -0.4 is 5.32 Å². The highest BCUT2D eigenvalue weighted by Crippen LogP contribution is 2.21. The Hall–Kier alpha value is -2.69. The third kappa shape index (κ3) is 3.79. The Bertz CT molecular complexity index is 790. The Balaban J connectivity index is 1.68. The summed E-state index contributed by atoms with van der Waals surface area (Å²) in [7, 11) is 0. The molecule has 0 aliphatic heterocycles. The van der Waals surface area contributed by atoms with E-state index in [1.54, 1.807) is 6.20 Å². The lowest BCUT2D eigenvalue weighted by atomic mass is 10.0. The van der Waals surface area contributed by atoms with E-state index < -0.39 is 0 Å². The van der Waals surface area contributed by atoms with Gasteiger partial charge in [-0.1, -0.05) is 38.8 Å².